The number of anilines is 1. The lowest BCUT2D eigenvalue weighted by Crippen LogP contribution is -2.31. The summed E-state index contributed by atoms with van der Waals surface area (Å²) in [5.74, 6) is 1.60. The van der Waals surface area contributed by atoms with E-state index in [0.717, 1.165) is 19.3 Å². The van der Waals surface area contributed by atoms with E-state index in [1.807, 2.05) is 27.7 Å². The lowest BCUT2D eigenvalue weighted by atomic mass is 9.97. The van der Waals surface area contributed by atoms with Gasteiger partial charge in [-0.3, -0.25) is 0 Å². The van der Waals surface area contributed by atoms with Gasteiger partial charge in [0.15, 0.2) is 0 Å². The summed E-state index contributed by atoms with van der Waals surface area (Å²) in [7, 11) is -3.10. The number of rotatable bonds is 7. The van der Waals surface area contributed by atoms with E-state index in [1.54, 1.807) is 4.31 Å². The van der Waals surface area contributed by atoms with Crippen molar-refractivity contribution in [2.45, 2.75) is 52.4 Å². The Morgan fingerprint density at radius 2 is 2.13 bits per heavy atom. The normalized spacial score (nSPS) is 20.1. The first-order valence-corrected chi connectivity index (χ1v) is 9.89. The highest BCUT2D eigenvalue weighted by Gasteiger charge is 2.31. The average molecular weight is 344 g/mol. The molecule has 0 spiro atoms. The monoisotopic (exact) mass is 344 g/mol. The van der Waals surface area contributed by atoms with Crippen molar-refractivity contribution in [3.8, 4) is 0 Å². The van der Waals surface area contributed by atoms with E-state index >= 15 is 0 Å². The smallest absolute Gasteiger partial charge is 0.263 e. The fourth-order valence-corrected chi connectivity index (χ4v) is 4.24. The van der Waals surface area contributed by atoms with Crippen LogP contribution in [0.15, 0.2) is 4.52 Å². The van der Waals surface area contributed by atoms with E-state index in [9.17, 15) is 8.42 Å². The molecule has 1 saturated heterocycles. The molecule has 1 aromatic heterocycles. The third-order valence-corrected chi connectivity index (χ3v) is 5.94. The fourth-order valence-electron chi connectivity index (χ4n) is 2.51. The number of hydrogen-bond acceptors (Lipinski definition) is 6. The third-order valence-electron chi connectivity index (χ3n) is 4.01. The summed E-state index contributed by atoms with van der Waals surface area (Å²) in [5, 5.41) is 7.08. The summed E-state index contributed by atoms with van der Waals surface area (Å²) in [6.07, 6.45) is 2.48. The maximum Gasteiger partial charge on any atom is 0.263 e. The van der Waals surface area contributed by atoms with Crippen LogP contribution >= 0.6 is 0 Å². The molecular weight excluding hydrogens is 316 g/mol. The van der Waals surface area contributed by atoms with Gasteiger partial charge in [-0.25, -0.2) is 12.7 Å². The van der Waals surface area contributed by atoms with Gasteiger partial charge in [0.1, 0.15) is 0 Å². The Morgan fingerprint density at radius 1 is 1.39 bits per heavy atom. The van der Waals surface area contributed by atoms with Crippen LogP contribution in [0.3, 0.4) is 0 Å². The maximum absolute atomic E-state index is 12.2. The van der Waals surface area contributed by atoms with E-state index in [0.29, 0.717) is 31.5 Å². The second-order valence-electron chi connectivity index (χ2n) is 7.24. The van der Waals surface area contributed by atoms with Crippen LogP contribution in [-0.4, -0.2) is 48.3 Å². The van der Waals surface area contributed by atoms with Crippen molar-refractivity contribution in [1.29, 1.82) is 0 Å². The molecule has 0 radical (unpaired) electrons. The zero-order valence-corrected chi connectivity index (χ0v) is 15.3. The van der Waals surface area contributed by atoms with Gasteiger partial charge in [0.2, 0.25) is 15.9 Å². The summed E-state index contributed by atoms with van der Waals surface area (Å²) in [4.78, 5) is 4.33. The minimum Gasteiger partial charge on any atom is -0.351 e. The lowest BCUT2D eigenvalue weighted by molar-refractivity contribution is 0.321. The van der Waals surface area contributed by atoms with Gasteiger partial charge in [-0.05, 0) is 23.9 Å². The minimum atomic E-state index is -3.10. The number of sulfonamides is 1. The Labute approximate surface area is 138 Å². The van der Waals surface area contributed by atoms with Crippen LogP contribution in [0.25, 0.3) is 0 Å². The molecule has 0 amide bonds. The number of unbranched alkanes of at least 4 members (excludes halogenated alkanes) is 1. The molecule has 1 fully saturated rings. The molecule has 132 valence electrons. The van der Waals surface area contributed by atoms with Crippen molar-refractivity contribution in [2.24, 2.45) is 5.92 Å². The van der Waals surface area contributed by atoms with Gasteiger partial charge >= 0.3 is 0 Å². The van der Waals surface area contributed by atoms with Crippen molar-refractivity contribution in [2.75, 3.05) is 30.7 Å². The third kappa shape index (κ3) is 4.91. The van der Waals surface area contributed by atoms with Gasteiger partial charge in [0, 0.05) is 25.0 Å². The summed E-state index contributed by atoms with van der Waals surface area (Å²) in [5.41, 5.74) is -0.176. The fraction of sp³-hybridized carbons (Fsp3) is 0.867. The van der Waals surface area contributed by atoms with Gasteiger partial charge in [-0.1, -0.05) is 34.1 Å². The molecule has 1 atom stereocenters. The molecule has 1 unspecified atom stereocenters. The van der Waals surface area contributed by atoms with Crippen LogP contribution in [0.4, 0.5) is 5.95 Å². The number of nitrogens with one attached hydrogen (secondary N) is 1. The summed E-state index contributed by atoms with van der Waals surface area (Å²) >= 11 is 0. The minimum absolute atomic E-state index is 0.176. The maximum atomic E-state index is 12.2. The van der Waals surface area contributed by atoms with Gasteiger partial charge in [0.05, 0.1) is 5.75 Å². The summed E-state index contributed by atoms with van der Waals surface area (Å²) in [6.45, 7) is 9.88. The van der Waals surface area contributed by atoms with E-state index in [2.05, 4.69) is 15.5 Å². The van der Waals surface area contributed by atoms with Gasteiger partial charge in [-0.2, -0.15) is 4.98 Å². The van der Waals surface area contributed by atoms with E-state index in [4.69, 9.17) is 4.52 Å². The zero-order chi connectivity index (χ0) is 17.1. The van der Waals surface area contributed by atoms with Crippen molar-refractivity contribution < 1.29 is 12.9 Å². The molecule has 23 heavy (non-hydrogen) atoms. The number of nitrogens with zero attached hydrogens (tertiary/aromatic N) is 3. The van der Waals surface area contributed by atoms with E-state index < -0.39 is 10.0 Å². The Morgan fingerprint density at radius 3 is 2.74 bits per heavy atom. The van der Waals surface area contributed by atoms with Crippen LogP contribution in [-0.2, 0) is 15.4 Å². The molecule has 0 aliphatic carbocycles. The first kappa shape index (κ1) is 18.2. The Hall–Kier alpha value is -1.15. The average Bonchev–Trinajstić information content (AvgIpc) is 3.11. The molecule has 1 aliphatic rings. The standard InChI is InChI=1S/C15H28N4O3S/c1-5-6-9-23(20,21)19-8-7-12(11-19)10-16-14-17-13(22-18-14)15(2,3)4/h12H,5-11H2,1-4H3,(H,16,18). The quantitative estimate of drug-likeness (QED) is 0.816. The zero-order valence-electron chi connectivity index (χ0n) is 14.5. The molecule has 0 saturated carbocycles. The van der Waals surface area contributed by atoms with Crippen LogP contribution in [0.1, 0.15) is 52.8 Å². The van der Waals surface area contributed by atoms with Crippen molar-refractivity contribution in [3.63, 3.8) is 0 Å². The van der Waals surface area contributed by atoms with E-state index in [1.165, 1.54) is 0 Å². The summed E-state index contributed by atoms with van der Waals surface area (Å²) in [6, 6.07) is 0. The largest absolute Gasteiger partial charge is 0.351 e. The second-order valence-corrected chi connectivity index (χ2v) is 9.32. The molecule has 1 aliphatic heterocycles. The molecule has 2 heterocycles. The van der Waals surface area contributed by atoms with Gasteiger partial charge in [0.25, 0.3) is 5.95 Å². The molecular formula is C15H28N4O3S. The highest BCUT2D eigenvalue weighted by atomic mass is 32.2. The lowest BCUT2D eigenvalue weighted by Gasteiger charge is -2.16. The molecule has 0 bridgehead atoms. The van der Waals surface area contributed by atoms with Crippen LogP contribution < -0.4 is 5.32 Å². The van der Waals surface area contributed by atoms with Crippen LogP contribution in [0.2, 0.25) is 0 Å². The van der Waals surface area contributed by atoms with Crippen molar-refractivity contribution in [3.05, 3.63) is 5.89 Å². The van der Waals surface area contributed by atoms with E-state index in [-0.39, 0.29) is 17.1 Å². The highest BCUT2D eigenvalue weighted by Crippen LogP contribution is 2.23. The predicted octanol–water partition coefficient (Wildman–Crippen LogP) is 2.23. The highest BCUT2D eigenvalue weighted by molar-refractivity contribution is 7.89. The Kier molecular flexibility index (Phi) is 5.67. The first-order chi connectivity index (χ1) is 10.7. The van der Waals surface area contributed by atoms with Crippen LogP contribution in [0, 0.1) is 5.92 Å². The molecule has 7 nitrogen and oxygen atoms in total. The van der Waals surface area contributed by atoms with Crippen LogP contribution in [0.5, 0.6) is 0 Å². The predicted molar refractivity (Wildman–Crippen MR) is 89.9 cm³/mol. The number of aromatic nitrogens is 2. The second kappa shape index (κ2) is 7.17. The topological polar surface area (TPSA) is 88.3 Å². The Balaban J connectivity index is 1.83. The molecule has 8 heteroatoms. The van der Waals surface area contributed by atoms with Crippen molar-refractivity contribution >= 4 is 16.0 Å². The molecule has 1 aromatic rings. The van der Waals surface area contributed by atoms with Gasteiger partial charge in [-0.15, -0.1) is 0 Å². The Bertz CT molecular complexity index is 606. The van der Waals surface area contributed by atoms with Gasteiger partial charge < -0.3 is 9.84 Å². The first-order valence-electron chi connectivity index (χ1n) is 8.28. The summed E-state index contributed by atoms with van der Waals surface area (Å²) < 4.78 is 31.2. The van der Waals surface area contributed by atoms with Crippen molar-refractivity contribution in [1.82, 2.24) is 14.4 Å². The SMILES string of the molecule is CCCCS(=O)(=O)N1CCC(CNc2noc(C(C)(C)C)n2)C1. The molecule has 0 aromatic carbocycles. The molecule has 1 N–H and O–H groups in total. The number of hydrogen-bond donors (Lipinski definition) is 1. The molecule has 2 rings (SSSR count).